The van der Waals surface area contributed by atoms with Crippen molar-refractivity contribution in [2.75, 3.05) is 11.9 Å². The van der Waals surface area contributed by atoms with Crippen LogP contribution in [0.3, 0.4) is 0 Å². The summed E-state index contributed by atoms with van der Waals surface area (Å²) in [5, 5.41) is 5.17. The predicted molar refractivity (Wildman–Crippen MR) is 115 cm³/mol. The van der Waals surface area contributed by atoms with Gasteiger partial charge in [-0.25, -0.2) is 4.98 Å². The van der Waals surface area contributed by atoms with Gasteiger partial charge in [0, 0.05) is 46.7 Å². The van der Waals surface area contributed by atoms with Crippen molar-refractivity contribution in [3.05, 3.63) is 71.5 Å². The van der Waals surface area contributed by atoms with Crippen LogP contribution in [0, 0.1) is 0 Å². The van der Waals surface area contributed by atoms with Crippen LogP contribution < -0.4 is 5.32 Å². The van der Waals surface area contributed by atoms with Crippen molar-refractivity contribution in [1.82, 2.24) is 14.9 Å². The summed E-state index contributed by atoms with van der Waals surface area (Å²) in [5.41, 5.74) is 1.76. The van der Waals surface area contributed by atoms with E-state index in [2.05, 4.69) is 15.3 Å². The smallest absolute Gasteiger partial charge is 0.254 e. The van der Waals surface area contributed by atoms with E-state index in [9.17, 15) is 9.59 Å². The number of nitrogens with one attached hydrogen (secondary N) is 1. The van der Waals surface area contributed by atoms with Crippen LogP contribution in [-0.4, -0.2) is 39.3 Å². The second-order valence-electron chi connectivity index (χ2n) is 6.66. The molecule has 3 aromatic rings. The van der Waals surface area contributed by atoms with E-state index in [-0.39, 0.29) is 11.8 Å². The van der Waals surface area contributed by atoms with Gasteiger partial charge in [0.25, 0.3) is 5.91 Å². The maximum atomic E-state index is 13.0. The first-order valence-electron chi connectivity index (χ1n) is 9.34. The van der Waals surface area contributed by atoms with Crippen molar-refractivity contribution in [2.45, 2.75) is 29.5 Å². The molecular weight excluding hydrogens is 404 g/mol. The van der Waals surface area contributed by atoms with E-state index in [1.54, 1.807) is 34.4 Å². The predicted octanol–water partition coefficient (Wildman–Crippen LogP) is 4.07. The van der Waals surface area contributed by atoms with Crippen LogP contribution in [-0.2, 0) is 10.5 Å². The highest BCUT2D eigenvalue weighted by molar-refractivity contribution is 7.98. The molecule has 1 N–H and O–H groups in total. The number of thiazole rings is 1. The van der Waals surface area contributed by atoms with E-state index in [0.29, 0.717) is 23.7 Å². The molecule has 1 aromatic carbocycles. The highest BCUT2D eigenvalue weighted by atomic mass is 32.2. The molecule has 0 radical (unpaired) electrons. The number of amides is 2. The SMILES string of the molecule is O=C(Nc1nccs1)C1CCCN1C(=O)c1ccc(SCc2cccnc2)cc1. The van der Waals surface area contributed by atoms with Gasteiger partial charge in [-0.3, -0.25) is 14.6 Å². The summed E-state index contributed by atoms with van der Waals surface area (Å²) in [6.07, 6.45) is 6.75. The molecule has 2 aromatic heterocycles. The molecule has 4 rings (SSSR count). The minimum absolute atomic E-state index is 0.106. The zero-order chi connectivity index (χ0) is 20.1. The Morgan fingerprint density at radius 2 is 2.07 bits per heavy atom. The van der Waals surface area contributed by atoms with Crippen LogP contribution in [0.25, 0.3) is 0 Å². The Bertz CT molecular complexity index is 962. The van der Waals surface area contributed by atoms with E-state index in [4.69, 9.17) is 0 Å². The van der Waals surface area contributed by atoms with Gasteiger partial charge in [0.2, 0.25) is 5.91 Å². The number of carbonyl (C=O) groups excluding carboxylic acids is 2. The Morgan fingerprint density at radius 1 is 1.21 bits per heavy atom. The molecule has 8 heteroatoms. The van der Waals surface area contributed by atoms with E-state index < -0.39 is 6.04 Å². The molecule has 1 aliphatic heterocycles. The standard InChI is InChI=1S/C21H20N4O2S2/c26-19(24-21-23-10-12-28-21)18-4-2-11-25(18)20(27)16-5-7-17(8-6-16)29-14-15-3-1-9-22-13-15/h1,3,5-10,12-13,18H,2,4,11,14H2,(H,23,24,26). The molecule has 0 saturated carbocycles. The second kappa shape index (κ2) is 9.19. The molecule has 1 fully saturated rings. The van der Waals surface area contributed by atoms with Crippen molar-refractivity contribution >= 4 is 40.0 Å². The number of pyridine rings is 1. The highest BCUT2D eigenvalue weighted by Gasteiger charge is 2.34. The third kappa shape index (κ3) is 4.83. The number of benzene rings is 1. The normalized spacial score (nSPS) is 16.0. The summed E-state index contributed by atoms with van der Waals surface area (Å²) in [6, 6.07) is 11.1. The summed E-state index contributed by atoms with van der Waals surface area (Å²) < 4.78 is 0. The van der Waals surface area contributed by atoms with E-state index in [0.717, 1.165) is 22.6 Å². The highest BCUT2D eigenvalue weighted by Crippen LogP contribution is 2.25. The van der Waals surface area contributed by atoms with Crippen LogP contribution >= 0.6 is 23.1 Å². The molecule has 2 amide bonds. The lowest BCUT2D eigenvalue weighted by Gasteiger charge is -2.23. The topological polar surface area (TPSA) is 75.2 Å². The summed E-state index contributed by atoms with van der Waals surface area (Å²) in [7, 11) is 0. The number of rotatable bonds is 6. The molecule has 148 valence electrons. The fourth-order valence-corrected chi connectivity index (χ4v) is 4.63. The largest absolute Gasteiger partial charge is 0.327 e. The average Bonchev–Trinajstić information content (AvgIpc) is 3.45. The number of hydrogen-bond acceptors (Lipinski definition) is 6. The van der Waals surface area contributed by atoms with Crippen molar-refractivity contribution in [3.8, 4) is 0 Å². The van der Waals surface area contributed by atoms with Crippen LogP contribution in [0.5, 0.6) is 0 Å². The van der Waals surface area contributed by atoms with Crippen molar-refractivity contribution < 1.29 is 9.59 Å². The molecular formula is C21H20N4O2S2. The number of nitrogens with zero attached hydrogens (tertiary/aromatic N) is 3. The first-order valence-corrected chi connectivity index (χ1v) is 11.2. The van der Waals surface area contributed by atoms with Gasteiger partial charge >= 0.3 is 0 Å². The molecule has 1 unspecified atom stereocenters. The van der Waals surface area contributed by atoms with Crippen molar-refractivity contribution in [3.63, 3.8) is 0 Å². The molecule has 0 spiro atoms. The summed E-state index contributed by atoms with van der Waals surface area (Å²) >= 11 is 3.07. The third-order valence-corrected chi connectivity index (χ3v) is 6.48. The first-order chi connectivity index (χ1) is 14.2. The average molecular weight is 425 g/mol. The minimum atomic E-state index is -0.453. The first kappa shape index (κ1) is 19.6. The molecule has 1 saturated heterocycles. The third-order valence-electron chi connectivity index (χ3n) is 4.71. The Kier molecular flexibility index (Phi) is 6.21. The molecule has 1 atom stereocenters. The molecule has 3 heterocycles. The number of carbonyl (C=O) groups is 2. The quantitative estimate of drug-likeness (QED) is 0.604. The summed E-state index contributed by atoms with van der Waals surface area (Å²) in [4.78, 5) is 36.5. The Hall–Kier alpha value is -2.71. The van der Waals surface area contributed by atoms with Gasteiger partial charge in [-0.1, -0.05) is 6.07 Å². The lowest BCUT2D eigenvalue weighted by Crippen LogP contribution is -2.43. The lowest BCUT2D eigenvalue weighted by molar-refractivity contribution is -0.119. The van der Waals surface area contributed by atoms with Gasteiger partial charge < -0.3 is 10.2 Å². The van der Waals surface area contributed by atoms with Crippen LogP contribution in [0.2, 0.25) is 0 Å². The Morgan fingerprint density at radius 3 is 2.79 bits per heavy atom. The number of likely N-dealkylation sites (tertiary alicyclic amines) is 1. The second-order valence-corrected chi connectivity index (χ2v) is 8.60. The van der Waals surface area contributed by atoms with Gasteiger partial charge in [-0.15, -0.1) is 23.1 Å². The zero-order valence-electron chi connectivity index (χ0n) is 15.7. The maximum absolute atomic E-state index is 13.0. The minimum Gasteiger partial charge on any atom is -0.327 e. The zero-order valence-corrected chi connectivity index (χ0v) is 17.3. The fraction of sp³-hybridized carbons (Fsp3) is 0.238. The van der Waals surface area contributed by atoms with Crippen molar-refractivity contribution in [2.24, 2.45) is 0 Å². The monoisotopic (exact) mass is 424 g/mol. The Labute approximate surface area is 177 Å². The van der Waals surface area contributed by atoms with Crippen LogP contribution in [0.1, 0.15) is 28.8 Å². The van der Waals surface area contributed by atoms with Crippen LogP contribution in [0.15, 0.2) is 65.3 Å². The van der Waals surface area contributed by atoms with Gasteiger partial charge in [-0.2, -0.15) is 0 Å². The molecule has 1 aliphatic rings. The van der Waals surface area contributed by atoms with E-state index >= 15 is 0 Å². The van der Waals surface area contributed by atoms with Gasteiger partial charge in [-0.05, 0) is 48.7 Å². The van der Waals surface area contributed by atoms with Crippen molar-refractivity contribution in [1.29, 1.82) is 0 Å². The van der Waals surface area contributed by atoms with Gasteiger partial charge in [0.15, 0.2) is 5.13 Å². The molecule has 29 heavy (non-hydrogen) atoms. The van der Waals surface area contributed by atoms with E-state index in [1.165, 1.54) is 11.3 Å². The fourth-order valence-electron chi connectivity index (χ4n) is 3.27. The van der Waals surface area contributed by atoms with E-state index in [1.807, 2.05) is 42.6 Å². The summed E-state index contributed by atoms with van der Waals surface area (Å²) in [6.45, 7) is 0.590. The summed E-state index contributed by atoms with van der Waals surface area (Å²) in [5.74, 6) is 0.548. The molecule has 0 aliphatic carbocycles. The van der Waals surface area contributed by atoms with Gasteiger partial charge in [0.1, 0.15) is 6.04 Å². The number of aromatic nitrogens is 2. The number of thioether (sulfide) groups is 1. The Balaban J connectivity index is 1.38. The lowest BCUT2D eigenvalue weighted by atomic mass is 10.1. The number of hydrogen-bond donors (Lipinski definition) is 1. The van der Waals surface area contributed by atoms with Crippen LogP contribution in [0.4, 0.5) is 5.13 Å². The maximum Gasteiger partial charge on any atom is 0.254 e. The molecule has 0 bridgehead atoms. The van der Waals surface area contributed by atoms with Gasteiger partial charge in [0.05, 0.1) is 0 Å². The number of anilines is 1. The molecule has 6 nitrogen and oxygen atoms in total.